The lowest BCUT2D eigenvalue weighted by Crippen LogP contribution is -2.42. The Morgan fingerprint density at radius 2 is 2.29 bits per heavy atom. The van der Waals surface area contributed by atoms with E-state index < -0.39 is 0 Å². The second kappa shape index (κ2) is 4.55. The molecule has 1 aliphatic heterocycles. The van der Waals surface area contributed by atoms with E-state index in [1.54, 1.807) is 0 Å². The summed E-state index contributed by atoms with van der Waals surface area (Å²) in [7, 11) is 0. The summed E-state index contributed by atoms with van der Waals surface area (Å²) in [5.74, 6) is 0. The van der Waals surface area contributed by atoms with Crippen LogP contribution in [-0.4, -0.2) is 24.7 Å². The molecule has 0 aliphatic carbocycles. The number of hydrogen-bond acceptors (Lipinski definition) is 3. The molecule has 3 heteroatoms. The van der Waals surface area contributed by atoms with Crippen molar-refractivity contribution in [2.45, 2.75) is 12.6 Å². The van der Waals surface area contributed by atoms with E-state index >= 15 is 0 Å². The zero-order chi connectivity index (χ0) is 9.80. The normalized spacial score (nSPS) is 22.2. The molecule has 2 rings (SSSR count). The van der Waals surface area contributed by atoms with Crippen LogP contribution in [0.5, 0.6) is 0 Å². The fourth-order valence-corrected chi connectivity index (χ4v) is 1.80. The van der Waals surface area contributed by atoms with Gasteiger partial charge in [0.25, 0.3) is 0 Å². The van der Waals surface area contributed by atoms with Gasteiger partial charge in [0.1, 0.15) is 0 Å². The SMILES string of the molecule is OCc1cccc(C2CNCCN2)c1. The first-order valence-electron chi connectivity index (χ1n) is 5.04. The molecule has 0 amide bonds. The highest BCUT2D eigenvalue weighted by Crippen LogP contribution is 2.15. The number of benzene rings is 1. The van der Waals surface area contributed by atoms with Crippen LogP contribution in [0.25, 0.3) is 0 Å². The Bertz CT molecular complexity index is 295. The second-order valence-corrected chi connectivity index (χ2v) is 3.61. The number of hydrogen-bond donors (Lipinski definition) is 3. The van der Waals surface area contributed by atoms with Crippen LogP contribution in [0.1, 0.15) is 17.2 Å². The van der Waals surface area contributed by atoms with Crippen molar-refractivity contribution in [3.63, 3.8) is 0 Å². The molecule has 3 nitrogen and oxygen atoms in total. The summed E-state index contributed by atoms with van der Waals surface area (Å²) in [4.78, 5) is 0. The second-order valence-electron chi connectivity index (χ2n) is 3.61. The van der Waals surface area contributed by atoms with Gasteiger partial charge in [-0.15, -0.1) is 0 Å². The molecule has 14 heavy (non-hydrogen) atoms. The molecule has 0 saturated carbocycles. The largest absolute Gasteiger partial charge is 0.392 e. The van der Waals surface area contributed by atoms with Crippen LogP contribution in [0.2, 0.25) is 0 Å². The zero-order valence-corrected chi connectivity index (χ0v) is 8.16. The Hall–Kier alpha value is -0.900. The highest BCUT2D eigenvalue weighted by molar-refractivity contribution is 5.26. The number of aliphatic hydroxyl groups is 1. The highest BCUT2D eigenvalue weighted by atomic mass is 16.3. The molecule has 3 N–H and O–H groups in total. The van der Waals surface area contributed by atoms with Gasteiger partial charge in [-0.25, -0.2) is 0 Å². The molecule has 1 aromatic rings. The van der Waals surface area contributed by atoms with Crippen molar-refractivity contribution >= 4 is 0 Å². The number of piperazine rings is 1. The van der Waals surface area contributed by atoms with Gasteiger partial charge in [0.2, 0.25) is 0 Å². The van der Waals surface area contributed by atoms with Gasteiger partial charge in [-0.1, -0.05) is 24.3 Å². The van der Waals surface area contributed by atoms with Crippen molar-refractivity contribution in [1.82, 2.24) is 10.6 Å². The van der Waals surface area contributed by atoms with Crippen LogP contribution >= 0.6 is 0 Å². The molecule has 0 bridgehead atoms. The van der Waals surface area contributed by atoms with Gasteiger partial charge in [-0.05, 0) is 11.1 Å². The average Bonchev–Trinajstić information content (AvgIpc) is 2.30. The van der Waals surface area contributed by atoms with E-state index in [0.717, 1.165) is 25.2 Å². The van der Waals surface area contributed by atoms with Crippen molar-refractivity contribution in [2.24, 2.45) is 0 Å². The molecular weight excluding hydrogens is 176 g/mol. The molecule has 1 fully saturated rings. The molecular formula is C11H16N2O. The minimum atomic E-state index is 0.119. The molecule has 0 aromatic heterocycles. The van der Waals surface area contributed by atoms with E-state index in [1.807, 2.05) is 12.1 Å². The molecule has 1 atom stereocenters. The maximum Gasteiger partial charge on any atom is 0.0681 e. The molecule has 0 radical (unpaired) electrons. The summed E-state index contributed by atoms with van der Waals surface area (Å²) in [5, 5.41) is 15.8. The van der Waals surface area contributed by atoms with Gasteiger partial charge >= 0.3 is 0 Å². The molecule has 1 unspecified atom stereocenters. The van der Waals surface area contributed by atoms with Crippen molar-refractivity contribution in [3.8, 4) is 0 Å². The Labute approximate surface area is 84.1 Å². The fourth-order valence-electron chi connectivity index (χ4n) is 1.80. The van der Waals surface area contributed by atoms with Crippen LogP contribution in [-0.2, 0) is 6.61 Å². The van der Waals surface area contributed by atoms with E-state index in [0.29, 0.717) is 6.04 Å². The van der Waals surface area contributed by atoms with Crippen LogP contribution in [0.3, 0.4) is 0 Å². The Morgan fingerprint density at radius 1 is 1.36 bits per heavy atom. The third kappa shape index (κ3) is 2.12. The van der Waals surface area contributed by atoms with Crippen LogP contribution in [0.15, 0.2) is 24.3 Å². The van der Waals surface area contributed by atoms with Crippen LogP contribution < -0.4 is 10.6 Å². The van der Waals surface area contributed by atoms with Gasteiger partial charge in [0, 0.05) is 25.7 Å². The number of rotatable bonds is 2. The lowest BCUT2D eigenvalue weighted by molar-refractivity contribution is 0.281. The van der Waals surface area contributed by atoms with Gasteiger partial charge in [0.05, 0.1) is 6.61 Å². The average molecular weight is 192 g/mol. The highest BCUT2D eigenvalue weighted by Gasteiger charge is 2.13. The summed E-state index contributed by atoms with van der Waals surface area (Å²) in [6, 6.07) is 8.49. The van der Waals surface area contributed by atoms with Crippen LogP contribution in [0, 0.1) is 0 Å². The summed E-state index contributed by atoms with van der Waals surface area (Å²) in [6.45, 7) is 3.13. The fraction of sp³-hybridized carbons (Fsp3) is 0.455. The quantitative estimate of drug-likeness (QED) is 0.636. The minimum absolute atomic E-state index is 0.119. The number of aliphatic hydroxyl groups excluding tert-OH is 1. The van der Waals surface area contributed by atoms with E-state index in [4.69, 9.17) is 5.11 Å². The summed E-state index contributed by atoms with van der Waals surface area (Å²) >= 11 is 0. The van der Waals surface area contributed by atoms with Gasteiger partial charge in [-0.2, -0.15) is 0 Å². The first kappa shape index (κ1) is 9.65. The van der Waals surface area contributed by atoms with Crippen molar-refractivity contribution in [1.29, 1.82) is 0 Å². The Kier molecular flexibility index (Phi) is 3.14. The topological polar surface area (TPSA) is 44.3 Å². The van der Waals surface area contributed by atoms with E-state index in [-0.39, 0.29) is 6.61 Å². The predicted molar refractivity (Wildman–Crippen MR) is 56.0 cm³/mol. The third-order valence-electron chi connectivity index (χ3n) is 2.58. The van der Waals surface area contributed by atoms with Crippen molar-refractivity contribution < 1.29 is 5.11 Å². The van der Waals surface area contributed by atoms with E-state index in [2.05, 4.69) is 22.8 Å². The van der Waals surface area contributed by atoms with E-state index in [1.165, 1.54) is 5.56 Å². The molecule has 76 valence electrons. The van der Waals surface area contributed by atoms with Gasteiger partial charge < -0.3 is 15.7 Å². The van der Waals surface area contributed by atoms with Crippen molar-refractivity contribution in [3.05, 3.63) is 35.4 Å². The first-order chi connectivity index (χ1) is 6.90. The predicted octanol–water partition coefficient (Wildman–Crippen LogP) is 0.413. The summed E-state index contributed by atoms with van der Waals surface area (Å²) in [6.07, 6.45) is 0. The molecule has 1 saturated heterocycles. The molecule has 0 spiro atoms. The monoisotopic (exact) mass is 192 g/mol. The summed E-state index contributed by atoms with van der Waals surface area (Å²) in [5.41, 5.74) is 2.23. The van der Waals surface area contributed by atoms with Gasteiger partial charge in [-0.3, -0.25) is 0 Å². The third-order valence-corrected chi connectivity index (χ3v) is 2.58. The summed E-state index contributed by atoms with van der Waals surface area (Å²) < 4.78 is 0. The first-order valence-corrected chi connectivity index (χ1v) is 5.04. The van der Waals surface area contributed by atoms with Crippen LogP contribution in [0.4, 0.5) is 0 Å². The Morgan fingerprint density at radius 3 is 3.00 bits per heavy atom. The standard InChI is InChI=1S/C11H16N2O/c14-8-9-2-1-3-10(6-9)11-7-12-4-5-13-11/h1-3,6,11-14H,4-5,7-8H2. The smallest absolute Gasteiger partial charge is 0.0681 e. The lowest BCUT2D eigenvalue weighted by atomic mass is 10.0. The molecule has 1 aromatic carbocycles. The van der Waals surface area contributed by atoms with Crippen molar-refractivity contribution in [2.75, 3.05) is 19.6 Å². The maximum absolute atomic E-state index is 9.02. The number of nitrogens with one attached hydrogen (secondary N) is 2. The Balaban J connectivity index is 2.13. The zero-order valence-electron chi connectivity index (χ0n) is 8.16. The van der Waals surface area contributed by atoms with E-state index in [9.17, 15) is 0 Å². The molecule has 1 aliphatic rings. The maximum atomic E-state index is 9.02. The molecule has 1 heterocycles. The lowest BCUT2D eigenvalue weighted by Gasteiger charge is -2.25. The van der Waals surface area contributed by atoms with Gasteiger partial charge in [0.15, 0.2) is 0 Å². The minimum Gasteiger partial charge on any atom is -0.392 e.